The van der Waals surface area contributed by atoms with E-state index < -0.39 is 0 Å². The summed E-state index contributed by atoms with van der Waals surface area (Å²) in [6, 6.07) is 43.9. The van der Waals surface area contributed by atoms with Crippen LogP contribution in [-0.2, 0) is 0 Å². The maximum atomic E-state index is 4.80. The van der Waals surface area contributed by atoms with E-state index in [1.807, 2.05) is 12.3 Å². The minimum absolute atomic E-state index is 1.07. The van der Waals surface area contributed by atoms with Crippen molar-refractivity contribution in [1.82, 2.24) is 4.98 Å². The van der Waals surface area contributed by atoms with Gasteiger partial charge in [-0.1, -0.05) is 109 Å². The fourth-order valence-electron chi connectivity index (χ4n) is 6.22. The summed E-state index contributed by atoms with van der Waals surface area (Å²) in [5.41, 5.74) is 11.4. The zero-order valence-electron chi connectivity index (χ0n) is 19.6. The van der Waals surface area contributed by atoms with E-state index in [0.29, 0.717) is 0 Å². The molecule has 166 valence electrons. The van der Waals surface area contributed by atoms with E-state index in [0.717, 1.165) is 5.52 Å². The predicted octanol–water partition coefficient (Wildman–Crippen LogP) is 9.52. The molecule has 1 aliphatic carbocycles. The highest BCUT2D eigenvalue weighted by atomic mass is 14.6. The van der Waals surface area contributed by atoms with E-state index in [4.69, 9.17) is 4.98 Å². The molecule has 1 nitrogen and oxygen atoms in total. The van der Waals surface area contributed by atoms with Crippen LogP contribution in [0.25, 0.3) is 77.0 Å². The molecule has 0 bridgehead atoms. The summed E-state index contributed by atoms with van der Waals surface area (Å²) in [5, 5.41) is 6.28. The lowest BCUT2D eigenvalue weighted by Gasteiger charge is -2.20. The second kappa shape index (κ2) is 7.37. The van der Waals surface area contributed by atoms with E-state index in [2.05, 4.69) is 115 Å². The molecule has 0 radical (unpaired) electrons. The molecule has 0 unspecified atom stereocenters. The minimum Gasteiger partial charge on any atom is -0.256 e. The fraction of sp³-hybridized carbons (Fsp3) is 0. The second-order valence-corrected chi connectivity index (χ2v) is 9.51. The Morgan fingerprint density at radius 2 is 1.00 bits per heavy atom. The Balaban J connectivity index is 1.67. The lowest BCUT2D eigenvalue weighted by molar-refractivity contribution is 1.43. The summed E-state index contributed by atoms with van der Waals surface area (Å²) < 4.78 is 0. The first-order valence-corrected chi connectivity index (χ1v) is 12.4. The van der Waals surface area contributed by atoms with Gasteiger partial charge in [-0.05, 0) is 72.8 Å². The number of hydrogen-bond acceptors (Lipinski definition) is 1. The molecule has 0 amide bonds. The molecule has 0 N–H and O–H groups in total. The Morgan fingerprint density at radius 3 is 1.67 bits per heavy atom. The van der Waals surface area contributed by atoms with Crippen LogP contribution in [0.4, 0.5) is 0 Å². The third-order valence-electron chi connectivity index (χ3n) is 7.61. The maximum absolute atomic E-state index is 4.80. The zero-order valence-corrected chi connectivity index (χ0v) is 19.6. The Kier molecular flexibility index (Phi) is 4.00. The van der Waals surface area contributed by atoms with Crippen LogP contribution < -0.4 is 0 Å². The highest BCUT2D eigenvalue weighted by Gasteiger charge is 2.31. The number of nitrogens with zero attached hydrogens (tertiary/aromatic N) is 1. The van der Waals surface area contributed by atoms with Crippen molar-refractivity contribution < 1.29 is 0 Å². The molecule has 1 heteroatoms. The molecule has 7 aromatic rings. The van der Waals surface area contributed by atoms with Gasteiger partial charge in [-0.2, -0.15) is 0 Å². The molecule has 36 heavy (non-hydrogen) atoms. The lowest BCUT2D eigenvalue weighted by atomic mass is 9.82. The molecular weight excluding hydrogens is 434 g/mol. The van der Waals surface area contributed by atoms with E-state index in [1.54, 1.807) is 0 Å². The standard InChI is InChI=1S/C35H21N/c1-3-11-22(12-4-1)30-25-16-7-8-17-26(25)31(23-13-5-2-6-14-23)34-29-21-24-15-10-20-36-35(24)28-19-9-18-27(32(28)29)33(30)34/h1-21H. The van der Waals surface area contributed by atoms with Crippen molar-refractivity contribution in [3.63, 3.8) is 0 Å². The van der Waals surface area contributed by atoms with Crippen LogP contribution in [0.5, 0.6) is 0 Å². The quantitative estimate of drug-likeness (QED) is 0.237. The molecule has 0 aliphatic heterocycles. The molecular formula is C35H21N. The molecule has 0 saturated carbocycles. The number of rotatable bonds is 2. The number of fused-ring (bicyclic) bond motifs is 6. The molecule has 8 rings (SSSR count). The smallest absolute Gasteiger partial charge is 0.0780 e. The Morgan fingerprint density at radius 1 is 0.417 bits per heavy atom. The highest BCUT2D eigenvalue weighted by Crippen LogP contribution is 2.58. The van der Waals surface area contributed by atoms with Crippen molar-refractivity contribution in [2.24, 2.45) is 0 Å². The van der Waals surface area contributed by atoms with Crippen LogP contribution in [0.2, 0.25) is 0 Å². The third kappa shape index (κ3) is 2.57. The molecule has 6 aromatic carbocycles. The predicted molar refractivity (Wildman–Crippen MR) is 152 cm³/mol. The number of hydrogen-bond donors (Lipinski definition) is 0. The third-order valence-corrected chi connectivity index (χ3v) is 7.61. The first-order valence-electron chi connectivity index (χ1n) is 12.4. The van der Waals surface area contributed by atoms with E-state index in [9.17, 15) is 0 Å². The topological polar surface area (TPSA) is 12.9 Å². The van der Waals surface area contributed by atoms with Crippen LogP contribution in [0, 0.1) is 0 Å². The normalized spacial score (nSPS) is 11.9. The van der Waals surface area contributed by atoms with Gasteiger partial charge < -0.3 is 0 Å². The average Bonchev–Trinajstić information content (AvgIpc) is 3.27. The van der Waals surface area contributed by atoms with E-state index in [-0.39, 0.29) is 0 Å². The molecule has 0 atom stereocenters. The average molecular weight is 456 g/mol. The molecule has 0 fully saturated rings. The molecule has 1 aromatic heterocycles. The molecule has 0 spiro atoms. The summed E-state index contributed by atoms with van der Waals surface area (Å²) >= 11 is 0. The Labute approximate surface area is 209 Å². The van der Waals surface area contributed by atoms with Crippen LogP contribution in [0.3, 0.4) is 0 Å². The van der Waals surface area contributed by atoms with Gasteiger partial charge >= 0.3 is 0 Å². The van der Waals surface area contributed by atoms with E-state index in [1.165, 1.54) is 71.4 Å². The number of pyridine rings is 1. The van der Waals surface area contributed by atoms with Crippen molar-refractivity contribution in [3.8, 4) is 44.5 Å². The minimum atomic E-state index is 1.07. The largest absolute Gasteiger partial charge is 0.256 e. The van der Waals surface area contributed by atoms with Gasteiger partial charge in [0, 0.05) is 17.0 Å². The van der Waals surface area contributed by atoms with Crippen LogP contribution in [-0.4, -0.2) is 4.98 Å². The lowest BCUT2D eigenvalue weighted by Crippen LogP contribution is -1.93. The van der Waals surface area contributed by atoms with Gasteiger partial charge in [-0.3, -0.25) is 4.98 Å². The van der Waals surface area contributed by atoms with Crippen LogP contribution in [0.1, 0.15) is 0 Å². The van der Waals surface area contributed by atoms with E-state index >= 15 is 0 Å². The summed E-state index contributed by atoms with van der Waals surface area (Å²) in [6.07, 6.45) is 1.90. The summed E-state index contributed by atoms with van der Waals surface area (Å²) in [6.45, 7) is 0. The van der Waals surface area contributed by atoms with Gasteiger partial charge in [0.2, 0.25) is 0 Å². The van der Waals surface area contributed by atoms with Gasteiger partial charge in [-0.25, -0.2) is 0 Å². The maximum Gasteiger partial charge on any atom is 0.0780 e. The van der Waals surface area contributed by atoms with Gasteiger partial charge in [0.1, 0.15) is 0 Å². The molecule has 1 aliphatic rings. The first kappa shape index (κ1) is 19.5. The van der Waals surface area contributed by atoms with Gasteiger partial charge in [0.05, 0.1) is 5.52 Å². The first-order chi connectivity index (χ1) is 17.9. The van der Waals surface area contributed by atoms with Crippen LogP contribution in [0.15, 0.2) is 128 Å². The SMILES string of the molecule is c1ccc(-c2c3c(c(-c4ccccc4)c4ccccc24)-c2cc4cccnc4c4cccc-3c24)cc1. The monoisotopic (exact) mass is 455 g/mol. The van der Waals surface area contributed by atoms with Gasteiger partial charge in [-0.15, -0.1) is 0 Å². The number of benzene rings is 6. The van der Waals surface area contributed by atoms with Gasteiger partial charge in [0.25, 0.3) is 0 Å². The molecule has 0 saturated heterocycles. The van der Waals surface area contributed by atoms with Crippen molar-refractivity contribution >= 4 is 32.4 Å². The van der Waals surface area contributed by atoms with Crippen molar-refractivity contribution in [2.45, 2.75) is 0 Å². The van der Waals surface area contributed by atoms with Crippen molar-refractivity contribution in [2.75, 3.05) is 0 Å². The van der Waals surface area contributed by atoms with Crippen molar-refractivity contribution in [1.29, 1.82) is 0 Å². The number of aromatic nitrogens is 1. The van der Waals surface area contributed by atoms with Crippen LogP contribution >= 0.6 is 0 Å². The summed E-state index contributed by atoms with van der Waals surface area (Å²) in [4.78, 5) is 4.80. The summed E-state index contributed by atoms with van der Waals surface area (Å²) in [7, 11) is 0. The fourth-order valence-corrected chi connectivity index (χ4v) is 6.22. The zero-order chi connectivity index (χ0) is 23.6. The van der Waals surface area contributed by atoms with Gasteiger partial charge in [0.15, 0.2) is 0 Å². The highest BCUT2D eigenvalue weighted by molar-refractivity contribution is 6.30. The second-order valence-electron chi connectivity index (χ2n) is 9.51. The Hall–Kier alpha value is -4.75. The Bertz CT molecular complexity index is 1970. The summed E-state index contributed by atoms with van der Waals surface area (Å²) in [5.74, 6) is 0. The van der Waals surface area contributed by atoms with Crippen molar-refractivity contribution in [3.05, 3.63) is 128 Å². The molecule has 1 heterocycles.